The van der Waals surface area contributed by atoms with Crippen LogP contribution in [-0.4, -0.2) is 18.6 Å². The first-order valence-electron chi connectivity index (χ1n) is 5.98. The number of pyridine rings is 1. The van der Waals surface area contributed by atoms with Crippen LogP contribution in [0.2, 0.25) is 0 Å². The van der Waals surface area contributed by atoms with E-state index in [0.717, 1.165) is 41.9 Å². The Labute approximate surface area is 102 Å². The molecule has 2 aromatic rings. The maximum absolute atomic E-state index is 5.33. The second kappa shape index (κ2) is 5.64. The molecule has 0 saturated carbocycles. The molecule has 1 N–H and O–H groups in total. The van der Waals surface area contributed by atoms with Crippen molar-refractivity contribution in [1.82, 2.24) is 10.3 Å². The highest BCUT2D eigenvalue weighted by Gasteiger charge is 2.03. The summed E-state index contributed by atoms with van der Waals surface area (Å²) in [5.41, 5.74) is 1.99. The first kappa shape index (κ1) is 11.9. The molecule has 2 rings (SSSR count). The molecule has 0 fully saturated rings. The first-order valence-corrected chi connectivity index (χ1v) is 5.98. The van der Waals surface area contributed by atoms with E-state index < -0.39 is 0 Å². The van der Waals surface area contributed by atoms with E-state index in [1.54, 1.807) is 7.11 Å². The zero-order valence-corrected chi connectivity index (χ0v) is 10.4. The SMILES string of the molecule is CCCNCc1ccc2cccc(OC)c2n1. The summed E-state index contributed by atoms with van der Waals surface area (Å²) >= 11 is 0. The molecule has 3 nitrogen and oxygen atoms in total. The van der Waals surface area contributed by atoms with Gasteiger partial charge in [-0.15, -0.1) is 0 Å². The first-order chi connectivity index (χ1) is 8.35. The van der Waals surface area contributed by atoms with Crippen LogP contribution in [0.15, 0.2) is 30.3 Å². The molecule has 1 heterocycles. The summed E-state index contributed by atoms with van der Waals surface area (Å²) in [6.07, 6.45) is 1.14. The lowest BCUT2D eigenvalue weighted by atomic mass is 10.2. The molecule has 0 radical (unpaired) electrons. The summed E-state index contributed by atoms with van der Waals surface area (Å²) in [6.45, 7) is 3.98. The number of hydrogen-bond donors (Lipinski definition) is 1. The second-order valence-corrected chi connectivity index (χ2v) is 4.01. The number of fused-ring (bicyclic) bond motifs is 1. The van der Waals surface area contributed by atoms with Gasteiger partial charge in [0.05, 0.1) is 12.8 Å². The largest absolute Gasteiger partial charge is 0.494 e. The van der Waals surface area contributed by atoms with Crippen molar-refractivity contribution in [2.24, 2.45) is 0 Å². The number of hydrogen-bond acceptors (Lipinski definition) is 3. The molecular weight excluding hydrogens is 212 g/mol. The Hall–Kier alpha value is -1.61. The minimum absolute atomic E-state index is 0.807. The van der Waals surface area contributed by atoms with Crippen molar-refractivity contribution >= 4 is 10.9 Å². The average Bonchev–Trinajstić information content (AvgIpc) is 2.38. The molecule has 1 aromatic carbocycles. The van der Waals surface area contributed by atoms with E-state index in [1.165, 1.54) is 0 Å². The fourth-order valence-electron chi connectivity index (χ4n) is 1.82. The zero-order valence-electron chi connectivity index (χ0n) is 10.4. The van der Waals surface area contributed by atoms with Crippen molar-refractivity contribution in [3.63, 3.8) is 0 Å². The molecule has 0 spiro atoms. The molecule has 17 heavy (non-hydrogen) atoms. The number of para-hydroxylation sites is 1. The number of aromatic nitrogens is 1. The van der Waals surface area contributed by atoms with Crippen LogP contribution in [0.4, 0.5) is 0 Å². The van der Waals surface area contributed by atoms with Gasteiger partial charge in [-0.3, -0.25) is 0 Å². The van der Waals surface area contributed by atoms with Gasteiger partial charge in [-0.05, 0) is 25.1 Å². The average molecular weight is 230 g/mol. The second-order valence-electron chi connectivity index (χ2n) is 4.01. The van der Waals surface area contributed by atoms with Crippen molar-refractivity contribution in [2.45, 2.75) is 19.9 Å². The van der Waals surface area contributed by atoms with Crippen molar-refractivity contribution in [3.05, 3.63) is 36.0 Å². The van der Waals surface area contributed by atoms with Gasteiger partial charge in [0.1, 0.15) is 11.3 Å². The van der Waals surface area contributed by atoms with Crippen LogP contribution in [-0.2, 0) is 6.54 Å². The molecule has 0 unspecified atom stereocenters. The third kappa shape index (κ3) is 2.74. The minimum atomic E-state index is 0.807. The van der Waals surface area contributed by atoms with Crippen LogP contribution in [0.25, 0.3) is 10.9 Å². The maximum Gasteiger partial charge on any atom is 0.145 e. The van der Waals surface area contributed by atoms with Gasteiger partial charge < -0.3 is 10.1 Å². The quantitative estimate of drug-likeness (QED) is 0.802. The number of rotatable bonds is 5. The van der Waals surface area contributed by atoms with Gasteiger partial charge in [-0.25, -0.2) is 4.98 Å². The van der Waals surface area contributed by atoms with Gasteiger partial charge in [-0.1, -0.05) is 25.1 Å². The number of nitrogens with one attached hydrogen (secondary N) is 1. The monoisotopic (exact) mass is 230 g/mol. The fraction of sp³-hybridized carbons (Fsp3) is 0.357. The van der Waals surface area contributed by atoms with Crippen molar-refractivity contribution in [2.75, 3.05) is 13.7 Å². The van der Waals surface area contributed by atoms with E-state index in [4.69, 9.17) is 4.74 Å². The van der Waals surface area contributed by atoms with Gasteiger partial charge in [0, 0.05) is 11.9 Å². The van der Waals surface area contributed by atoms with Crippen LogP contribution < -0.4 is 10.1 Å². The van der Waals surface area contributed by atoms with E-state index in [2.05, 4.69) is 29.4 Å². The fourth-order valence-corrected chi connectivity index (χ4v) is 1.82. The molecule has 0 amide bonds. The lowest BCUT2D eigenvalue weighted by Crippen LogP contribution is -2.14. The Morgan fingerprint density at radius 3 is 2.88 bits per heavy atom. The number of methoxy groups -OCH3 is 1. The summed E-state index contributed by atoms with van der Waals surface area (Å²) in [5, 5.41) is 4.46. The Morgan fingerprint density at radius 1 is 1.24 bits per heavy atom. The molecule has 3 heteroatoms. The summed E-state index contributed by atoms with van der Waals surface area (Å²) in [6, 6.07) is 10.1. The van der Waals surface area contributed by atoms with Gasteiger partial charge in [-0.2, -0.15) is 0 Å². The van der Waals surface area contributed by atoms with Crippen LogP contribution in [0.5, 0.6) is 5.75 Å². The highest BCUT2D eigenvalue weighted by atomic mass is 16.5. The Balaban J connectivity index is 2.28. The van der Waals surface area contributed by atoms with E-state index in [1.807, 2.05) is 18.2 Å². The van der Waals surface area contributed by atoms with Crippen LogP contribution in [0, 0.1) is 0 Å². The lowest BCUT2D eigenvalue weighted by Gasteiger charge is -2.07. The van der Waals surface area contributed by atoms with Crippen molar-refractivity contribution in [1.29, 1.82) is 0 Å². The summed E-state index contributed by atoms with van der Waals surface area (Å²) in [4.78, 5) is 4.63. The van der Waals surface area contributed by atoms with E-state index in [0.29, 0.717) is 0 Å². The van der Waals surface area contributed by atoms with Gasteiger partial charge >= 0.3 is 0 Å². The highest BCUT2D eigenvalue weighted by Crippen LogP contribution is 2.23. The molecule has 0 saturated heterocycles. The molecular formula is C14H18N2O. The van der Waals surface area contributed by atoms with Gasteiger partial charge in [0.25, 0.3) is 0 Å². The van der Waals surface area contributed by atoms with E-state index in [9.17, 15) is 0 Å². The summed E-state index contributed by atoms with van der Waals surface area (Å²) in [7, 11) is 1.68. The Kier molecular flexibility index (Phi) is 3.94. The molecule has 0 aliphatic heterocycles. The van der Waals surface area contributed by atoms with Crippen LogP contribution in [0.3, 0.4) is 0 Å². The van der Waals surface area contributed by atoms with Crippen LogP contribution in [0.1, 0.15) is 19.0 Å². The molecule has 0 aliphatic rings. The molecule has 0 aliphatic carbocycles. The number of nitrogens with zero attached hydrogens (tertiary/aromatic N) is 1. The number of benzene rings is 1. The normalized spacial score (nSPS) is 10.7. The predicted octanol–water partition coefficient (Wildman–Crippen LogP) is 2.74. The number of ether oxygens (including phenoxy) is 1. The molecule has 1 aromatic heterocycles. The Morgan fingerprint density at radius 2 is 2.12 bits per heavy atom. The topological polar surface area (TPSA) is 34.1 Å². The maximum atomic E-state index is 5.33. The third-order valence-corrected chi connectivity index (χ3v) is 2.69. The zero-order chi connectivity index (χ0) is 12.1. The lowest BCUT2D eigenvalue weighted by molar-refractivity contribution is 0.418. The van der Waals surface area contributed by atoms with Crippen LogP contribution >= 0.6 is 0 Å². The van der Waals surface area contributed by atoms with Crippen molar-refractivity contribution in [3.8, 4) is 5.75 Å². The standard InChI is InChI=1S/C14H18N2O/c1-3-9-15-10-12-8-7-11-5-4-6-13(17-2)14(11)16-12/h4-8,15H,3,9-10H2,1-2H3. The highest BCUT2D eigenvalue weighted by molar-refractivity contribution is 5.84. The summed E-state index contributed by atoms with van der Waals surface area (Å²) < 4.78 is 5.33. The Bertz CT molecular complexity index is 497. The van der Waals surface area contributed by atoms with E-state index >= 15 is 0 Å². The molecule has 0 atom stereocenters. The summed E-state index contributed by atoms with van der Waals surface area (Å²) in [5.74, 6) is 0.833. The van der Waals surface area contributed by atoms with Gasteiger partial charge in [0.2, 0.25) is 0 Å². The van der Waals surface area contributed by atoms with Crippen molar-refractivity contribution < 1.29 is 4.74 Å². The third-order valence-electron chi connectivity index (χ3n) is 2.69. The van der Waals surface area contributed by atoms with E-state index in [-0.39, 0.29) is 0 Å². The molecule has 90 valence electrons. The predicted molar refractivity (Wildman–Crippen MR) is 70.3 cm³/mol. The minimum Gasteiger partial charge on any atom is -0.494 e. The van der Waals surface area contributed by atoms with Gasteiger partial charge in [0.15, 0.2) is 0 Å². The smallest absolute Gasteiger partial charge is 0.145 e. The molecule has 0 bridgehead atoms.